The summed E-state index contributed by atoms with van der Waals surface area (Å²) in [6.07, 6.45) is 33.8. The molecule has 0 atom stereocenters. The summed E-state index contributed by atoms with van der Waals surface area (Å²) in [5, 5.41) is 5.89. The van der Waals surface area contributed by atoms with Crippen LogP contribution in [-0.2, 0) is 9.59 Å². The maximum atomic E-state index is 12.1. The maximum Gasteiger partial charge on any atom is 0.224 e. The van der Waals surface area contributed by atoms with Gasteiger partial charge in [0.25, 0.3) is 0 Å². The lowest BCUT2D eigenvalue weighted by Crippen LogP contribution is -2.27. The summed E-state index contributed by atoms with van der Waals surface area (Å²) in [7, 11) is 0. The first kappa shape index (κ1) is 37.6. The van der Waals surface area contributed by atoms with Crippen LogP contribution in [-0.4, -0.2) is 24.9 Å². The summed E-state index contributed by atoms with van der Waals surface area (Å²) >= 11 is 0. The molecule has 5 heteroatoms. The molecular formula is C34H67N3O2. The van der Waals surface area contributed by atoms with E-state index < -0.39 is 0 Å². The van der Waals surface area contributed by atoms with Crippen molar-refractivity contribution in [3.05, 3.63) is 11.8 Å². The highest BCUT2D eigenvalue weighted by Gasteiger charge is 2.06. The lowest BCUT2D eigenvalue weighted by molar-refractivity contribution is -0.126. The van der Waals surface area contributed by atoms with E-state index in [4.69, 9.17) is 5.73 Å². The van der Waals surface area contributed by atoms with Crippen LogP contribution < -0.4 is 16.4 Å². The number of hydrogen-bond donors (Lipinski definition) is 3. The van der Waals surface area contributed by atoms with E-state index in [2.05, 4.69) is 23.6 Å². The topological polar surface area (TPSA) is 84.2 Å². The fourth-order valence-corrected chi connectivity index (χ4v) is 5.04. The lowest BCUT2D eigenvalue weighted by atomic mass is 10.0. The number of unbranched alkanes of at least 4 members (excludes halogenated alkanes) is 22. The Hall–Kier alpha value is -1.36. The number of carbonyl (C=O) groups is 2. The van der Waals surface area contributed by atoms with Crippen molar-refractivity contribution in [2.24, 2.45) is 5.73 Å². The van der Waals surface area contributed by atoms with Gasteiger partial charge in [-0.15, -0.1) is 0 Å². The highest BCUT2D eigenvalue weighted by atomic mass is 16.2. The Balaban J connectivity index is 3.48. The molecule has 0 aliphatic heterocycles. The maximum absolute atomic E-state index is 12.1. The molecule has 0 aromatic heterocycles. The minimum absolute atomic E-state index is 0.0174. The molecule has 0 saturated carbocycles. The molecule has 0 spiro atoms. The Morgan fingerprint density at radius 2 is 0.974 bits per heavy atom. The van der Waals surface area contributed by atoms with Crippen LogP contribution in [0.15, 0.2) is 11.8 Å². The summed E-state index contributed by atoms with van der Waals surface area (Å²) in [5.74, 6) is -0.0801. The van der Waals surface area contributed by atoms with Crippen LogP contribution in [0.1, 0.15) is 181 Å². The van der Waals surface area contributed by atoms with Crippen molar-refractivity contribution in [3.8, 4) is 0 Å². The molecule has 0 bridgehead atoms. The third-order valence-corrected chi connectivity index (χ3v) is 7.63. The second-order valence-corrected chi connectivity index (χ2v) is 11.6. The molecule has 0 aromatic carbocycles. The molecule has 0 fully saturated rings. The largest absolute Gasteiger partial charge is 0.356 e. The Kier molecular flexibility index (Phi) is 30.1. The number of carbonyl (C=O) groups excluding carboxylic acids is 2. The molecule has 0 unspecified atom stereocenters. The molecule has 0 aliphatic rings. The monoisotopic (exact) mass is 550 g/mol. The molecule has 2 amide bonds. The van der Waals surface area contributed by atoms with Gasteiger partial charge in [0, 0.05) is 25.1 Å². The van der Waals surface area contributed by atoms with Gasteiger partial charge in [0.1, 0.15) is 0 Å². The van der Waals surface area contributed by atoms with Gasteiger partial charge in [-0.3, -0.25) is 9.59 Å². The van der Waals surface area contributed by atoms with Gasteiger partial charge in [-0.1, -0.05) is 141 Å². The smallest absolute Gasteiger partial charge is 0.224 e. The lowest BCUT2D eigenvalue weighted by Gasteiger charge is -2.07. The first-order valence-corrected chi connectivity index (χ1v) is 17.0. The molecule has 0 aromatic rings. The fourth-order valence-electron chi connectivity index (χ4n) is 5.04. The van der Waals surface area contributed by atoms with E-state index >= 15 is 0 Å². The van der Waals surface area contributed by atoms with E-state index in [1.807, 2.05) is 6.92 Å². The van der Waals surface area contributed by atoms with Crippen molar-refractivity contribution in [3.63, 3.8) is 0 Å². The van der Waals surface area contributed by atoms with Crippen LogP contribution in [0, 0.1) is 0 Å². The van der Waals surface area contributed by atoms with Gasteiger partial charge < -0.3 is 16.4 Å². The number of nitrogens with two attached hydrogens (primary N) is 1. The molecule has 0 saturated heterocycles. The van der Waals surface area contributed by atoms with Gasteiger partial charge in [-0.25, -0.2) is 0 Å². The summed E-state index contributed by atoms with van der Waals surface area (Å²) in [4.78, 5) is 24.2. The van der Waals surface area contributed by atoms with Gasteiger partial charge >= 0.3 is 0 Å². The SMILES string of the molecule is CCCCCCCCCCCCCCCC=C(C)NC(=O)CCC(=O)NCCCCCCCCCCCCN. The quantitative estimate of drug-likeness (QED) is 0.0781. The standard InChI is InChI=1S/C34H67N3O2/c1-3-4-5-6-7-8-9-10-11-12-15-18-21-24-27-32(2)37-34(39)29-28-33(38)36-31-26-23-20-17-14-13-16-19-22-25-30-35/h27H,3-26,28-31,35H2,1-2H3,(H,36,38)(H,37,39). The van der Waals surface area contributed by atoms with E-state index in [1.165, 1.54) is 128 Å². The zero-order valence-corrected chi connectivity index (χ0v) is 26.3. The number of allylic oxidation sites excluding steroid dienone is 2. The Morgan fingerprint density at radius 3 is 1.46 bits per heavy atom. The molecule has 0 rings (SSSR count). The Bertz CT molecular complexity index is 577. The van der Waals surface area contributed by atoms with Gasteiger partial charge in [0.15, 0.2) is 0 Å². The number of hydrogen-bond acceptors (Lipinski definition) is 3. The van der Waals surface area contributed by atoms with Crippen molar-refractivity contribution in [1.29, 1.82) is 0 Å². The molecule has 230 valence electrons. The minimum Gasteiger partial charge on any atom is -0.356 e. The predicted molar refractivity (Wildman–Crippen MR) is 170 cm³/mol. The third kappa shape index (κ3) is 31.0. The molecule has 5 nitrogen and oxygen atoms in total. The minimum atomic E-state index is -0.0627. The van der Waals surface area contributed by atoms with Crippen LogP contribution in [0.4, 0.5) is 0 Å². The molecule has 4 N–H and O–H groups in total. The van der Waals surface area contributed by atoms with E-state index in [-0.39, 0.29) is 24.7 Å². The van der Waals surface area contributed by atoms with Crippen LogP contribution >= 0.6 is 0 Å². The second kappa shape index (κ2) is 31.2. The van der Waals surface area contributed by atoms with Crippen LogP contribution in [0.25, 0.3) is 0 Å². The molecular weight excluding hydrogens is 482 g/mol. The van der Waals surface area contributed by atoms with Gasteiger partial charge in [0.05, 0.1) is 0 Å². The second-order valence-electron chi connectivity index (χ2n) is 11.6. The number of amides is 2. The van der Waals surface area contributed by atoms with Gasteiger partial charge in [0.2, 0.25) is 11.8 Å². The van der Waals surface area contributed by atoms with Gasteiger partial charge in [-0.05, 0) is 39.2 Å². The third-order valence-electron chi connectivity index (χ3n) is 7.63. The number of nitrogens with one attached hydrogen (secondary N) is 2. The van der Waals surface area contributed by atoms with Crippen molar-refractivity contribution >= 4 is 11.8 Å². The average Bonchev–Trinajstić information content (AvgIpc) is 2.92. The summed E-state index contributed by atoms with van der Waals surface area (Å²) in [6.45, 7) is 5.76. The van der Waals surface area contributed by atoms with Crippen molar-refractivity contribution in [2.45, 2.75) is 181 Å². The first-order chi connectivity index (χ1) is 19.1. The van der Waals surface area contributed by atoms with E-state index in [9.17, 15) is 9.59 Å². The van der Waals surface area contributed by atoms with E-state index in [0.717, 1.165) is 44.5 Å². The zero-order chi connectivity index (χ0) is 28.7. The van der Waals surface area contributed by atoms with Gasteiger partial charge in [-0.2, -0.15) is 0 Å². The zero-order valence-electron chi connectivity index (χ0n) is 26.3. The highest BCUT2D eigenvalue weighted by molar-refractivity contribution is 5.84. The van der Waals surface area contributed by atoms with Crippen molar-refractivity contribution in [2.75, 3.05) is 13.1 Å². The summed E-state index contributed by atoms with van der Waals surface area (Å²) in [5.41, 5.74) is 6.43. The van der Waals surface area contributed by atoms with Crippen LogP contribution in [0.5, 0.6) is 0 Å². The number of rotatable bonds is 30. The van der Waals surface area contributed by atoms with Crippen molar-refractivity contribution in [1.82, 2.24) is 10.6 Å². The molecule has 39 heavy (non-hydrogen) atoms. The average molecular weight is 550 g/mol. The fraction of sp³-hybridized carbons (Fsp3) is 0.882. The normalized spacial score (nSPS) is 11.6. The Labute approximate surface area is 243 Å². The summed E-state index contributed by atoms with van der Waals surface area (Å²) < 4.78 is 0. The molecule has 0 heterocycles. The van der Waals surface area contributed by atoms with Crippen molar-refractivity contribution < 1.29 is 9.59 Å². The Morgan fingerprint density at radius 1 is 0.564 bits per heavy atom. The first-order valence-electron chi connectivity index (χ1n) is 17.0. The summed E-state index contributed by atoms with van der Waals surface area (Å²) in [6, 6.07) is 0. The predicted octanol–water partition coefficient (Wildman–Crippen LogP) is 9.24. The van der Waals surface area contributed by atoms with Crippen LogP contribution in [0.3, 0.4) is 0 Å². The highest BCUT2D eigenvalue weighted by Crippen LogP contribution is 2.13. The van der Waals surface area contributed by atoms with E-state index in [0.29, 0.717) is 0 Å². The molecule has 0 radical (unpaired) electrons. The molecule has 0 aliphatic carbocycles. The van der Waals surface area contributed by atoms with E-state index in [1.54, 1.807) is 0 Å². The van der Waals surface area contributed by atoms with Crippen LogP contribution in [0.2, 0.25) is 0 Å².